The Hall–Kier alpha value is -5.35. The predicted molar refractivity (Wildman–Crippen MR) is 160 cm³/mol. The number of hydrogen-bond acceptors (Lipinski definition) is 4. The van der Waals surface area contributed by atoms with E-state index in [2.05, 4.69) is 0 Å². The van der Waals surface area contributed by atoms with Crippen LogP contribution in [0.3, 0.4) is 0 Å². The van der Waals surface area contributed by atoms with Crippen LogP contribution in [0.2, 0.25) is 0 Å². The topological polar surface area (TPSA) is 59.7 Å². The summed E-state index contributed by atoms with van der Waals surface area (Å²) in [5.41, 5.74) is 5.51. The molecule has 0 aliphatic rings. The lowest BCUT2D eigenvalue weighted by Gasteiger charge is -2.10. The molecular weight excluding hydrogens is 496 g/mol. The van der Waals surface area contributed by atoms with Crippen LogP contribution in [0.5, 0.6) is 11.5 Å². The molecule has 5 aromatic carbocycles. The summed E-state index contributed by atoms with van der Waals surface area (Å²) in [5, 5.41) is 11.9. The van der Waals surface area contributed by atoms with Crippen LogP contribution in [0.4, 0.5) is 0 Å². The third kappa shape index (κ3) is 4.79. The zero-order valence-corrected chi connectivity index (χ0v) is 21.9. The summed E-state index contributed by atoms with van der Waals surface area (Å²) in [6.45, 7) is 0. The molecule has 0 aliphatic carbocycles. The van der Waals surface area contributed by atoms with Gasteiger partial charge in [0.05, 0.1) is 12.7 Å². The highest BCUT2D eigenvalue weighted by Crippen LogP contribution is 2.43. The van der Waals surface area contributed by atoms with Gasteiger partial charge in [-0.3, -0.25) is 4.79 Å². The number of carbonyl (C=O) groups is 1. The molecule has 0 radical (unpaired) electrons. The van der Waals surface area contributed by atoms with Gasteiger partial charge in [0, 0.05) is 28.2 Å². The third-order valence-corrected chi connectivity index (χ3v) is 6.91. The molecule has 1 aromatic heterocycles. The molecule has 0 aliphatic heterocycles. The molecule has 4 heteroatoms. The van der Waals surface area contributed by atoms with Crippen molar-refractivity contribution < 1.29 is 19.1 Å². The van der Waals surface area contributed by atoms with Crippen LogP contribution >= 0.6 is 0 Å². The van der Waals surface area contributed by atoms with Crippen LogP contribution < -0.4 is 4.74 Å². The summed E-state index contributed by atoms with van der Waals surface area (Å²) in [6.07, 6.45) is 1.84. The van der Waals surface area contributed by atoms with Crippen LogP contribution in [0.15, 0.2) is 132 Å². The number of allylic oxidation sites excluding steroid dienone is 1. The normalized spacial score (nSPS) is 11.5. The molecule has 0 saturated heterocycles. The van der Waals surface area contributed by atoms with Crippen molar-refractivity contribution in [3.63, 3.8) is 0 Å². The van der Waals surface area contributed by atoms with E-state index in [1.165, 1.54) is 6.07 Å². The average molecular weight is 523 g/mol. The summed E-state index contributed by atoms with van der Waals surface area (Å²) in [5.74, 6) is 0.989. The minimum absolute atomic E-state index is 0.137. The molecule has 1 N–H and O–H groups in total. The molecule has 194 valence electrons. The maximum absolute atomic E-state index is 14.2. The predicted octanol–water partition coefficient (Wildman–Crippen LogP) is 8.90. The molecule has 0 spiro atoms. The first kappa shape index (κ1) is 25.0. The highest BCUT2D eigenvalue weighted by molar-refractivity contribution is 6.33. The van der Waals surface area contributed by atoms with Gasteiger partial charge in [-0.25, -0.2) is 0 Å². The number of methoxy groups -OCH3 is 1. The Morgan fingerprint density at radius 2 is 1.35 bits per heavy atom. The number of phenols is 1. The van der Waals surface area contributed by atoms with E-state index in [0.29, 0.717) is 16.9 Å². The quantitative estimate of drug-likeness (QED) is 0.129. The Balaban J connectivity index is 1.54. The molecule has 0 bridgehead atoms. The fourth-order valence-corrected chi connectivity index (χ4v) is 4.91. The highest BCUT2D eigenvalue weighted by Gasteiger charge is 2.24. The van der Waals surface area contributed by atoms with Crippen LogP contribution in [-0.2, 0) is 0 Å². The van der Waals surface area contributed by atoms with Gasteiger partial charge in [0.25, 0.3) is 0 Å². The van der Waals surface area contributed by atoms with E-state index in [4.69, 9.17) is 9.15 Å². The molecule has 0 amide bonds. The molecule has 1 heterocycles. The fourth-order valence-electron chi connectivity index (χ4n) is 4.91. The minimum atomic E-state index is -0.289. The fraction of sp³-hybridized carbons (Fsp3) is 0.0278. The van der Waals surface area contributed by atoms with Crippen molar-refractivity contribution in [1.29, 1.82) is 0 Å². The van der Waals surface area contributed by atoms with E-state index >= 15 is 0 Å². The molecule has 4 nitrogen and oxygen atoms in total. The minimum Gasteiger partial charge on any atom is -0.507 e. The van der Waals surface area contributed by atoms with Gasteiger partial charge in [0.15, 0.2) is 5.78 Å². The van der Waals surface area contributed by atoms with E-state index in [1.54, 1.807) is 13.2 Å². The van der Waals surface area contributed by atoms with Gasteiger partial charge in [0.1, 0.15) is 22.8 Å². The van der Waals surface area contributed by atoms with E-state index in [1.807, 2.05) is 121 Å². The maximum Gasteiger partial charge on any atom is 0.197 e. The second kappa shape index (κ2) is 10.8. The summed E-state index contributed by atoms with van der Waals surface area (Å²) >= 11 is 0. The highest BCUT2D eigenvalue weighted by atomic mass is 16.5. The molecule has 6 aromatic rings. The molecule has 0 saturated carbocycles. The SMILES string of the molecule is COc1ccc(/C=C(/C(=O)c2cc3c(-c4ccccc4)c(-c4ccccc4)oc3cc2O)c2ccccc2)cc1. The van der Waals surface area contributed by atoms with Gasteiger partial charge in [0.2, 0.25) is 0 Å². The van der Waals surface area contributed by atoms with Crippen molar-refractivity contribution in [1.82, 2.24) is 0 Å². The monoisotopic (exact) mass is 522 g/mol. The van der Waals surface area contributed by atoms with Crippen LogP contribution in [0.1, 0.15) is 21.5 Å². The second-order valence-electron chi connectivity index (χ2n) is 9.43. The van der Waals surface area contributed by atoms with Gasteiger partial charge >= 0.3 is 0 Å². The van der Waals surface area contributed by atoms with Crippen LogP contribution in [-0.4, -0.2) is 18.0 Å². The molecular formula is C36H26O4. The third-order valence-electron chi connectivity index (χ3n) is 6.91. The van der Waals surface area contributed by atoms with Gasteiger partial charge in [-0.15, -0.1) is 0 Å². The zero-order valence-electron chi connectivity index (χ0n) is 21.9. The number of phenolic OH excluding ortho intramolecular Hbond substituents is 1. The summed E-state index contributed by atoms with van der Waals surface area (Å²) in [7, 11) is 1.62. The van der Waals surface area contributed by atoms with Crippen molar-refractivity contribution in [2.24, 2.45) is 0 Å². The number of ketones is 1. The largest absolute Gasteiger partial charge is 0.507 e. The number of rotatable bonds is 7. The Kier molecular flexibility index (Phi) is 6.73. The van der Waals surface area contributed by atoms with E-state index in [-0.39, 0.29) is 17.1 Å². The molecule has 0 fully saturated rings. The summed E-state index contributed by atoms with van der Waals surface area (Å²) in [6, 6.07) is 40.1. The second-order valence-corrected chi connectivity index (χ2v) is 9.43. The Labute approximate surface area is 232 Å². The van der Waals surface area contributed by atoms with E-state index in [9.17, 15) is 9.90 Å². The van der Waals surface area contributed by atoms with E-state index in [0.717, 1.165) is 39.0 Å². The lowest BCUT2D eigenvalue weighted by Crippen LogP contribution is -2.03. The smallest absolute Gasteiger partial charge is 0.197 e. The number of benzene rings is 5. The van der Waals surface area contributed by atoms with Crippen molar-refractivity contribution in [2.45, 2.75) is 0 Å². The summed E-state index contributed by atoms with van der Waals surface area (Å²) < 4.78 is 11.6. The number of carbonyl (C=O) groups excluding carboxylic acids is 1. The average Bonchev–Trinajstić information content (AvgIpc) is 3.39. The van der Waals surface area contributed by atoms with Gasteiger partial charge in [-0.1, -0.05) is 103 Å². The van der Waals surface area contributed by atoms with Crippen molar-refractivity contribution in [3.8, 4) is 33.9 Å². The van der Waals surface area contributed by atoms with E-state index < -0.39 is 0 Å². The molecule has 0 atom stereocenters. The number of ether oxygens (including phenoxy) is 1. The van der Waals surface area contributed by atoms with Crippen LogP contribution in [0, 0.1) is 0 Å². The Morgan fingerprint density at radius 1 is 0.750 bits per heavy atom. The number of furan rings is 1. The first-order valence-electron chi connectivity index (χ1n) is 13.0. The zero-order chi connectivity index (χ0) is 27.5. The Morgan fingerprint density at radius 3 is 1.98 bits per heavy atom. The molecule has 40 heavy (non-hydrogen) atoms. The number of Topliss-reactive ketones (excluding diaryl/α,β-unsaturated/α-hetero) is 1. The van der Waals surface area contributed by atoms with Crippen LogP contribution in [0.25, 0.3) is 45.1 Å². The van der Waals surface area contributed by atoms with Gasteiger partial charge in [-0.05, 0) is 41.0 Å². The van der Waals surface area contributed by atoms with Crippen molar-refractivity contribution in [2.75, 3.05) is 7.11 Å². The number of fused-ring (bicyclic) bond motifs is 1. The Bertz CT molecular complexity index is 1820. The lowest BCUT2D eigenvalue weighted by atomic mass is 9.92. The number of hydrogen-bond donors (Lipinski definition) is 1. The van der Waals surface area contributed by atoms with Crippen molar-refractivity contribution >= 4 is 28.4 Å². The van der Waals surface area contributed by atoms with Gasteiger partial charge < -0.3 is 14.3 Å². The standard InChI is InChI=1S/C36H26O4/c1-39-28-19-17-24(18-20-28)21-29(25-11-5-2-6-12-25)35(38)30-22-31-33(23-32(30)37)40-36(27-15-9-4-10-16-27)34(31)26-13-7-3-8-14-26/h2-23,37H,1H3/b29-21+. The lowest BCUT2D eigenvalue weighted by molar-refractivity contribution is 0.105. The maximum atomic E-state index is 14.2. The summed E-state index contributed by atoms with van der Waals surface area (Å²) in [4.78, 5) is 14.2. The number of aromatic hydroxyl groups is 1. The van der Waals surface area contributed by atoms with Gasteiger partial charge in [-0.2, -0.15) is 0 Å². The first-order valence-corrected chi connectivity index (χ1v) is 13.0. The molecule has 0 unspecified atom stereocenters. The first-order chi connectivity index (χ1) is 19.6. The van der Waals surface area contributed by atoms with Crippen molar-refractivity contribution in [3.05, 3.63) is 144 Å². The molecule has 6 rings (SSSR count).